The maximum absolute atomic E-state index is 11.7. The largest absolute Gasteiger partial charge is 0.455 e. The lowest BCUT2D eigenvalue weighted by Crippen LogP contribution is -1.96. The summed E-state index contributed by atoms with van der Waals surface area (Å²) in [6.45, 7) is 1.96. The molecule has 24 heavy (non-hydrogen) atoms. The number of pyridine rings is 1. The number of rotatable bonds is 3. The van der Waals surface area contributed by atoms with Crippen molar-refractivity contribution in [2.45, 2.75) is 11.8 Å². The topological polar surface area (TPSA) is 86.8 Å². The highest BCUT2D eigenvalue weighted by molar-refractivity contribution is 7.91. The molecule has 0 saturated carbocycles. The Bertz CT molecular complexity index is 1070. The summed E-state index contributed by atoms with van der Waals surface area (Å²) in [7, 11) is -2.76. The van der Waals surface area contributed by atoms with Crippen LogP contribution in [0.5, 0.6) is 11.5 Å². The van der Waals surface area contributed by atoms with Crippen molar-refractivity contribution in [1.82, 2.24) is 4.98 Å². The van der Waals surface area contributed by atoms with E-state index >= 15 is 0 Å². The molecule has 0 aliphatic carbocycles. The molecule has 0 bridgehead atoms. The number of aryl methyl sites for hydroxylation is 1. The molecule has 1 aromatic heterocycles. The minimum absolute atomic E-state index is 0.344. The minimum Gasteiger partial charge on any atom is -0.455 e. The van der Waals surface area contributed by atoms with Gasteiger partial charge in [-0.05, 0) is 43.3 Å². The molecule has 1 atom stereocenters. The van der Waals surface area contributed by atoms with Gasteiger partial charge in [-0.2, -0.15) is 5.26 Å². The van der Waals surface area contributed by atoms with E-state index in [-0.39, 0.29) is 0 Å². The van der Waals surface area contributed by atoms with Gasteiger partial charge in [-0.3, -0.25) is 4.98 Å². The fraction of sp³-hybridized carbons (Fsp3) is 0.111. The molecule has 6 heteroatoms. The second kappa shape index (κ2) is 5.95. The zero-order valence-corrected chi connectivity index (χ0v) is 14.1. The van der Waals surface area contributed by atoms with Gasteiger partial charge in [0.1, 0.15) is 17.4 Å². The number of aromatic nitrogens is 1. The van der Waals surface area contributed by atoms with Gasteiger partial charge in [-0.1, -0.05) is 11.6 Å². The molecule has 0 aliphatic rings. The molecule has 0 saturated heterocycles. The molecule has 2 aromatic carbocycles. The molecular formula is C18H15N3O2S. The highest BCUT2D eigenvalue weighted by Crippen LogP contribution is 2.33. The number of nitrogens with one attached hydrogen (secondary N) is 1. The van der Waals surface area contributed by atoms with E-state index in [1.165, 1.54) is 12.5 Å². The van der Waals surface area contributed by atoms with E-state index in [9.17, 15) is 9.47 Å². The second-order valence-corrected chi connectivity index (χ2v) is 7.71. The first-order valence-electron chi connectivity index (χ1n) is 7.19. The van der Waals surface area contributed by atoms with Crippen LogP contribution in [-0.2, 0) is 9.73 Å². The first-order valence-corrected chi connectivity index (χ1v) is 9.16. The summed E-state index contributed by atoms with van der Waals surface area (Å²) in [4.78, 5) is 4.71. The van der Waals surface area contributed by atoms with Crippen molar-refractivity contribution in [2.75, 3.05) is 6.26 Å². The Morgan fingerprint density at radius 3 is 2.54 bits per heavy atom. The van der Waals surface area contributed by atoms with E-state index in [4.69, 9.17) is 9.52 Å². The SMILES string of the molecule is Cc1ccc2ncc(C#N)c(Oc3ccc(S(C)(=N)=O)cc3)c2c1. The lowest BCUT2D eigenvalue weighted by molar-refractivity contribution is 0.486. The van der Waals surface area contributed by atoms with Gasteiger partial charge in [-0.15, -0.1) is 0 Å². The van der Waals surface area contributed by atoms with Gasteiger partial charge < -0.3 is 4.74 Å². The predicted molar refractivity (Wildman–Crippen MR) is 92.8 cm³/mol. The average Bonchev–Trinajstić information content (AvgIpc) is 2.55. The molecule has 1 unspecified atom stereocenters. The number of benzene rings is 2. The fourth-order valence-electron chi connectivity index (χ4n) is 2.36. The van der Waals surface area contributed by atoms with Crippen LogP contribution < -0.4 is 4.74 Å². The lowest BCUT2D eigenvalue weighted by atomic mass is 10.1. The summed E-state index contributed by atoms with van der Waals surface area (Å²) >= 11 is 0. The van der Waals surface area contributed by atoms with Crippen molar-refractivity contribution < 1.29 is 8.95 Å². The van der Waals surface area contributed by atoms with Crippen LogP contribution in [0.25, 0.3) is 10.9 Å². The van der Waals surface area contributed by atoms with Gasteiger partial charge in [0.15, 0.2) is 5.75 Å². The monoisotopic (exact) mass is 337 g/mol. The van der Waals surface area contributed by atoms with E-state index in [0.29, 0.717) is 22.0 Å². The zero-order chi connectivity index (χ0) is 17.3. The van der Waals surface area contributed by atoms with E-state index in [0.717, 1.165) is 16.5 Å². The van der Waals surface area contributed by atoms with Gasteiger partial charge in [0.2, 0.25) is 0 Å². The number of ether oxygens (including phenoxy) is 1. The quantitative estimate of drug-likeness (QED) is 0.774. The van der Waals surface area contributed by atoms with Crippen LogP contribution in [0.1, 0.15) is 11.1 Å². The molecule has 0 aliphatic heterocycles. The molecule has 0 spiro atoms. The molecule has 1 heterocycles. The van der Waals surface area contributed by atoms with Crippen molar-refractivity contribution in [1.29, 1.82) is 10.0 Å². The number of nitriles is 1. The van der Waals surface area contributed by atoms with E-state index in [2.05, 4.69) is 11.1 Å². The Labute approximate surface area is 140 Å². The third-order valence-corrected chi connectivity index (χ3v) is 4.76. The van der Waals surface area contributed by atoms with E-state index in [1.807, 2.05) is 25.1 Å². The van der Waals surface area contributed by atoms with Gasteiger partial charge >= 0.3 is 0 Å². The van der Waals surface area contributed by atoms with Crippen LogP contribution in [0.4, 0.5) is 0 Å². The Kier molecular flexibility index (Phi) is 3.96. The summed E-state index contributed by atoms with van der Waals surface area (Å²) in [6, 6.07) is 14.4. The number of hydrogen-bond donors (Lipinski definition) is 1. The van der Waals surface area contributed by atoms with Gasteiger partial charge in [-0.25, -0.2) is 8.99 Å². The number of nitrogens with zero attached hydrogens (tertiary/aromatic N) is 2. The lowest BCUT2D eigenvalue weighted by Gasteiger charge is -2.11. The number of hydrogen-bond acceptors (Lipinski definition) is 5. The Hall–Kier alpha value is -2.91. The first-order chi connectivity index (χ1) is 11.4. The highest BCUT2D eigenvalue weighted by atomic mass is 32.2. The Morgan fingerprint density at radius 2 is 1.92 bits per heavy atom. The molecule has 3 rings (SSSR count). The third-order valence-electron chi connectivity index (χ3n) is 3.59. The first kappa shape index (κ1) is 16.0. The predicted octanol–water partition coefficient (Wildman–Crippen LogP) is 4.24. The van der Waals surface area contributed by atoms with Crippen LogP contribution in [0.2, 0.25) is 0 Å². The van der Waals surface area contributed by atoms with Gasteiger partial charge in [0, 0.05) is 22.7 Å². The minimum atomic E-state index is -2.76. The van der Waals surface area contributed by atoms with Crippen LogP contribution in [0.3, 0.4) is 0 Å². The molecule has 5 nitrogen and oxygen atoms in total. The summed E-state index contributed by atoms with van der Waals surface area (Å²) in [5, 5.41) is 10.1. The maximum Gasteiger partial charge on any atom is 0.156 e. The average molecular weight is 337 g/mol. The van der Waals surface area contributed by atoms with E-state index in [1.54, 1.807) is 24.3 Å². The van der Waals surface area contributed by atoms with Crippen molar-refractivity contribution in [2.24, 2.45) is 0 Å². The van der Waals surface area contributed by atoms with Gasteiger partial charge in [0.25, 0.3) is 0 Å². The highest BCUT2D eigenvalue weighted by Gasteiger charge is 2.12. The molecule has 0 fully saturated rings. The Morgan fingerprint density at radius 1 is 1.21 bits per heavy atom. The summed E-state index contributed by atoms with van der Waals surface area (Å²) < 4.78 is 25.3. The number of fused-ring (bicyclic) bond motifs is 1. The van der Waals surface area contributed by atoms with Crippen LogP contribution in [0.15, 0.2) is 53.6 Å². The summed E-state index contributed by atoms with van der Waals surface area (Å²) in [6.07, 6.45) is 2.86. The van der Waals surface area contributed by atoms with Crippen molar-refractivity contribution in [3.63, 3.8) is 0 Å². The molecular weight excluding hydrogens is 322 g/mol. The standard InChI is InChI=1S/C18H15N3O2S/c1-12-3-8-17-16(9-12)18(13(10-19)11-21-17)23-14-4-6-15(7-5-14)24(2,20)22/h3-9,11,20H,1-2H3. The fourth-order valence-corrected chi connectivity index (χ4v) is 3.01. The zero-order valence-electron chi connectivity index (χ0n) is 13.2. The van der Waals surface area contributed by atoms with E-state index < -0.39 is 9.73 Å². The maximum atomic E-state index is 11.7. The Balaban J connectivity index is 2.09. The smallest absolute Gasteiger partial charge is 0.156 e. The second-order valence-electron chi connectivity index (χ2n) is 5.55. The third kappa shape index (κ3) is 3.07. The summed E-state index contributed by atoms with van der Waals surface area (Å²) in [5.74, 6) is 0.954. The molecule has 1 N–H and O–H groups in total. The molecule has 0 radical (unpaired) electrons. The van der Waals surface area contributed by atoms with Gasteiger partial charge in [0.05, 0.1) is 15.2 Å². The molecule has 120 valence electrons. The van der Waals surface area contributed by atoms with Crippen LogP contribution in [-0.4, -0.2) is 15.4 Å². The normalized spacial score (nSPS) is 13.2. The van der Waals surface area contributed by atoms with Crippen molar-refractivity contribution >= 4 is 20.6 Å². The molecule has 0 amide bonds. The van der Waals surface area contributed by atoms with Crippen molar-refractivity contribution in [3.8, 4) is 17.6 Å². The molecule has 3 aromatic rings. The van der Waals surface area contributed by atoms with Crippen LogP contribution >= 0.6 is 0 Å². The van der Waals surface area contributed by atoms with Crippen molar-refractivity contribution in [3.05, 3.63) is 59.8 Å². The summed E-state index contributed by atoms with van der Waals surface area (Å²) in [5.41, 5.74) is 2.13. The van der Waals surface area contributed by atoms with Crippen LogP contribution in [0, 0.1) is 23.0 Å².